The zero-order valence-corrected chi connectivity index (χ0v) is 10.7. The maximum atomic E-state index is 11.2. The van der Waals surface area contributed by atoms with Crippen molar-refractivity contribution in [1.29, 1.82) is 0 Å². The number of sulfone groups is 1. The Morgan fingerprint density at radius 2 is 1.80 bits per heavy atom. The van der Waals surface area contributed by atoms with Crippen molar-refractivity contribution in [2.45, 2.75) is 24.2 Å². The Balaban J connectivity index is 2.90. The maximum Gasteiger partial charge on any atom is 0.175 e. The van der Waals surface area contributed by atoms with E-state index in [9.17, 15) is 8.42 Å². The third-order valence-corrected chi connectivity index (χ3v) is 3.83. The second kappa shape index (κ2) is 5.03. The average molecular weight is 244 g/mol. The SMILES string of the molecule is CC(CCS)c1ccc(S(C)(=O)=O)cc1. The summed E-state index contributed by atoms with van der Waals surface area (Å²) < 4.78 is 22.5. The summed E-state index contributed by atoms with van der Waals surface area (Å²) in [5, 5.41) is 0. The third kappa shape index (κ3) is 3.54. The summed E-state index contributed by atoms with van der Waals surface area (Å²) in [6.45, 7) is 2.12. The minimum atomic E-state index is -3.07. The van der Waals surface area contributed by atoms with Crippen molar-refractivity contribution in [1.82, 2.24) is 0 Å². The van der Waals surface area contributed by atoms with Crippen molar-refractivity contribution in [3.05, 3.63) is 29.8 Å². The van der Waals surface area contributed by atoms with Crippen molar-refractivity contribution in [2.24, 2.45) is 0 Å². The monoisotopic (exact) mass is 244 g/mol. The zero-order valence-electron chi connectivity index (χ0n) is 8.97. The van der Waals surface area contributed by atoms with Crippen molar-refractivity contribution in [3.63, 3.8) is 0 Å². The lowest BCUT2D eigenvalue weighted by atomic mass is 9.99. The van der Waals surface area contributed by atoms with E-state index in [4.69, 9.17) is 0 Å². The predicted molar refractivity (Wildman–Crippen MR) is 66.4 cm³/mol. The van der Waals surface area contributed by atoms with Gasteiger partial charge in [-0.1, -0.05) is 19.1 Å². The Labute approximate surface area is 97.0 Å². The molecule has 0 spiro atoms. The topological polar surface area (TPSA) is 34.1 Å². The van der Waals surface area contributed by atoms with Crippen LogP contribution in [0.25, 0.3) is 0 Å². The van der Waals surface area contributed by atoms with Crippen LogP contribution in [0.2, 0.25) is 0 Å². The van der Waals surface area contributed by atoms with Crippen LogP contribution in [0.3, 0.4) is 0 Å². The first-order valence-electron chi connectivity index (χ1n) is 4.86. The lowest BCUT2D eigenvalue weighted by Gasteiger charge is -2.10. The molecular weight excluding hydrogens is 228 g/mol. The number of thiol groups is 1. The highest BCUT2D eigenvalue weighted by atomic mass is 32.2. The fourth-order valence-electron chi connectivity index (χ4n) is 1.40. The summed E-state index contributed by atoms with van der Waals surface area (Å²) in [4.78, 5) is 0.379. The molecule has 0 aliphatic rings. The fraction of sp³-hybridized carbons (Fsp3) is 0.455. The van der Waals surface area contributed by atoms with E-state index in [1.165, 1.54) is 6.26 Å². The van der Waals surface area contributed by atoms with Crippen molar-refractivity contribution in [3.8, 4) is 0 Å². The second-order valence-electron chi connectivity index (χ2n) is 3.75. The van der Waals surface area contributed by atoms with Crippen LogP contribution in [0.5, 0.6) is 0 Å². The molecule has 4 heteroatoms. The molecule has 1 aromatic carbocycles. The first kappa shape index (κ1) is 12.6. The standard InChI is InChI=1S/C11H16O2S2/c1-9(7-8-14)10-3-5-11(6-4-10)15(2,12)13/h3-6,9,14H,7-8H2,1-2H3. The van der Waals surface area contributed by atoms with Gasteiger partial charge < -0.3 is 0 Å². The van der Waals surface area contributed by atoms with E-state index in [1.54, 1.807) is 12.1 Å². The second-order valence-corrected chi connectivity index (χ2v) is 6.22. The van der Waals surface area contributed by atoms with E-state index in [2.05, 4.69) is 19.6 Å². The summed E-state index contributed by atoms with van der Waals surface area (Å²) in [5.74, 6) is 1.27. The first-order valence-corrected chi connectivity index (χ1v) is 7.38. The minimum absolute atomic E-state index is 0.379. The van der Waals surface area contributed by atoms with Crippen LogP contribution in [0.4, 0.5) is 0 Å². The Kier molecular flexibility index (Phi) is 4.22. The molecule has 0 aliphatic heterocycles. The molecule has 0 saturated carbocycles. The van der Waals surface area contributed by atoms with Gasteiger partial charge in [-0.3, -0.25) is 0 Å². The van der Waals surface area contributed by atoms with E-state index in [0.717, 1.165) is 17.7 Å². The summed E-state index contributed by atoms with van der Waals surface area (Å²) in [6, 6.07) is 7.09. The largest absolute Gasteiger partial charge is 0.224 e. The van der Waals surface area contributed by atoms with E-state index in [-0.39, 0.29) is 0 Å². The Hall–Kier alpha value is -0.480. The van der Waals surface area contributed by atoms with Crippen molar-refractivity contribution in [2.75, 3.05) is 12.0 Å². The molecule has 1 atom stereocenters. The lowest BCUT2D eigenvalue weighted by Crippen LogP contribution is -1.99. The molecule has 0 fully saturated rings. The molecule has 0 bridgehead atoms. The fourth-order valence-corrected chi connectivity index (χ4v) is 2.42. The van der Waals surface area contributed by atoms with Gasteiger partial charge in [-0.05, 0) is 35.8 Å². The van der Waals surface area contributed by atoms with Crippen molar-refractivity contribution >= 4 is 22.5 Å². The van der Waals surface area contributed by atoms with Crippen LogP contribution >= 0.6 is 12.6 Å². The number of benzene rings is 1. The molecular formula is C11H16O2S2. The van der Waals surface area contributed by atoms with Gasteiger partial charge in [-0.15, -0.1) is 0 Å². The summed E-state index contributed by atoms with van der Waals surface area (Å²) in [5.41, 5.74) is 1.16. The Morgan fingerprint density at radius 3 is 2.20 bits per heavy atom. The smallest absolute Gasteiger partial charge is 0.175 e. The number of hydrogen-bond acceptors (Lipinski definition) is 3. The van der Waals surface area contributed by atoms with Crippen LogP contribution < -0.4 is 0 Å². The van der Waals surface area contributed by atoms with Crippen LogP contribution in [0.1, 0.15) is 24.8 Å². The number of rotatable bonds is 4. The zero-order chi connectivity index (χ0) is 11.5. The Bertz CT molecular complexity index is 407. The molecule has 0 amide bonds. The molecule has 1 aromatic rings. The Morgan fingerprint density at radius 1 is 1.27 bits per heavy atom. The normalized spacial score (nSPS) is 13.8. The molecule has 1 rings (SSSR count). The molecule has 1 unspecified atom stereocenters. The maximum absolute atomic E-state index is 11.2. The van der Waals surface area contributed by atoms with Crippen LogP contribution in [0, 0.1) is 0 Å². The summed E-state index contributed by atoms with van der Waals surface area (Å²) in [7, 11) is -3.07. The van der Waals surface area contributed by atoms with Gasteiger partial charge in [0.2, 0.25) is 0 Å². The van der Waals surface area contributed by atoms with E-state index in [0.29, 0.717) is 10.8 Å². The van der Waals surface area contributed by atoms with Gasteiger partial charge in [-0.25, -0.2) is 8.42 Å². The van der Waals surface area contributed by atoms with Gasteiger partial charge in [0, 0.05) is 6.26 Å². The highest BCUT2D eigenvalue weighted by Crippen LogP contribution is 2.21. The molecule has 0 N–H and O–H groups in total. The molecule has 15 heavy (non-hydrogen) atoms. The van der Waals surface area contributed by atoms with E-state index >= 15 is 0 Å². The van der Waals surface area contributed by atoms with Gasteiger partial charge >= 0.3 is 0 Å². The van der Waals surface area contributed by atoms with Crippen LogP contribution in [0.15, 0.2) is 29.2 Å². The quantitative estimate of drug-likeness (QED) is 0.826. The predicted octanol–water partition coefficient (Wildman–Crippen LogP) is 2.51. The van der Waals surface area contributed by atoms with Gasteiger partial charge in [-0.2, -0.15) is 12.6 Å². The third-order valence-electron chi connectivity index (χ3n) is 2.44. The lowest BCUT2D eigenvalue weighted by molar-refractivity contribution is 0.601. The van der Waals surface area contributed by atoms with Crippen molar-refractivity contribution < 1.29 is 8.42 Å². The molecule has 0 aliphatic carbocycles. The van der Waals surface area contributed by atoms with Gasteiger partial charge in [0.25, 0.3) is 0 Å². The summed E-state index contributed by atoms with van der Waals surface area (Å²) in [6.07, 6.45) is 2.22. The van der Waals surface area contributed by atoms with Crippen LogP contribution in [-0.4, -0.2) is 20.4 Å². The van der Waals surface area contributed by atoms with Gasteiger partial charge in [0.15, 0.2) is 9.84 Å². The first-order chi connectivity index (χ1) is 6.95. The molecule has 2 nitrogen and oxygen atoms in total. The average Bonchev–Trinajstić information content (AvgIpc) is 2.17. The molecule has 84 valence electrons. The van der Waals surface area contributed by atoms with Gasteiger partial charge in [0.1, 0.15) is 0 Å². The highest BCUT2D eigenvalue weighted by molar-refractivity contribution is 7.90. The highest BCUT2D eigenvalue weighted by Gasteiger charge is 2.08. The molecule has 0 heterocycles. The minimum Gasteiger partial charge on any atom is -0.224 e. The van der Waals surface area contributed by atoms with E-state index in [1.807, 2.05) is 12.1 Å². The summed E-state index contributed by atoms with van der Waals surface area (Å²) >= 11 is 4.18. The molecule has 0 aromatic heterocycles. The molecule has 0 saturated heterocycles. The number of hydrogen-bond donors (Lipinski definition) is 1. The van der Waals surface area contributed by atoms with Gasteiger partial charge in [0.05, 0.1) is 4.90 Å². The molecule has 0 radical (unpaired) electrons. The van der Waals surface area contributed by atoms with Crippen LogP contribution in [-0.2, 0) is 9.84 Å². The van der Waals surface area contributed by atoms with E-state index < -0.39 is 9.84 Å².